The van der Waals surface area contributed by atoms with E-state index in [1.54, 1.807) is 12.0 Å². The number of aromatic nitrogens is 6. The van der Waals surface area contributed by atoms with E-state index < -0.39 is 12.2 Å². The van der Waals surface area contributed by atoms with Crippen molar-refractivity contribution in [1.82, 2.24) is 34.0 Å². The smallest absolute Gasteiger partial charge is 0.248 e. The molecule has 2 saturated heterocycles. The predicted molar refractivity (Wildman–Crippen MR) is 145 cm³/mol. The molecule has 0 radical (unpaired) electrons. The fourth-order valence-corrected chi connectivity index (χ4v) is 5.81. The van der Waals surface area contributed by atoms with Gasteiger partial charge in [-0.3, -0.25) is 9.36 Å². The van der Waals surface area contributed by atoms with Crippen molar-refractivity contribution < 1.29 is 19.4 Å². The lowest BCUT2D eigenvalue weighted by atomic mass is 9.90. The van der Waals surface area contributed by atoms with E-state index in [9.17, 15) is 9.90 Å². The Labute approximate surface area is 226 Å². The number of hydrogen-bond donors (Lipinski definition) is 1. The number of carbonyl (C=O) groups excluding carboxylic acids is 1. The number of aliphatic hydroxyl groups excluding tert-OH is 1. The number of rotatable bonds is 6. The predicted octanol–water partition coefficient (Wildman–Crippen LogP) is 1.56. The van der Waals surface area contributed by atoms with Crippen LogP contribution in [0.4, 0.5) is 5.82 Å². The molecule has 12 heteroatoms. The molecule has 12 nitrogen and oxygen atoms in total. The zero-order valence-electron chi connectivity index (χ0n) is 22.6. The Kier molecular flexibility index (Phi) is 6.69. The molecule has 0 aliphatic carbocycles. The average Bonchev–Trinajstić information content (AvgIpc) is 3.54. The maximum atomic E-state index is 12.1. The lowest BCUT2D eigenvalue weighted by molar-refractivity contribution is -0.140. The monoisotopic (exact) mass is 534 g/mol. The van der Waals surface area contributed by atoms with Crippen LogP contribution in [0.3, 0.4) is 0 Å². The number of hydrogen-bond acceptors (Lipinski definition) is 9. The van der Waals surface area contributed by atoms with Crippen LogP contribution in [0.15, 0.2) is 24.3 Å². The van der Waals surface area contributed by atoms with Crippen molar-refractivity contribution >= 4 is 33.9 Å². The van der Waals surface area contributed by atoms with Gasteiger partial charge in [-0.1, -0.05) is 19.1 Å². The molecule has 1 aromatic carbocycles. The first-order chi connectivity index (χ1) is 19.0. The SMILES string of the molecule is CCc1nc2ccccc2n1-c1nc(N2CCOCC2)c2nc(C3(OC)CCN(C(=O)CO)CC3)n(C)c2n1. The summed E-state index contributed by atoms with van der Waals surface area (Å²) in [4.78, 5) is 36.1. The molecule has 2 aliphatic heterocycles. The fraction of sp³-hybridized carbons (Fsp3) is 0.519. The van der Waals surface area contributed by atoms with E-state index in [-0.39, 0.29) is 5.91 Å². The van der Waals surface area contributed by atoms with Crippen LogP contribution in [0.25, 0.3) is 28.1 Å². The van der Waals surface area contributed by atoms with E-state index in [1.165, 1.54) is 0 Å². The van der Waals surface area contributed by atoms with Gasteiger partial charge in [0, 0.05) is 59.6 Å². The van der Waals surface area contributed by atoms with Gasteiger partial charge < -0.3 is 28.9 Å². The molecule has 3 aromatic heterocycles. The van der Waals surface area contributed by atoms with Gasteiger partial charge >= 0.3 is 0 Å². The molecule has 206 valence electrons. The van der Waals surface area contributed by atoms with Crippen molar-refractivity contribution in [3.8, 4) is 5.95 Å². The zero-order chi connectivity index (χ0) is 27.1. The summed E-state index contributed by atoms with van der Waals surface area (Å²) >= 11 is 0. The Bertz CT molecular complexity index is 1520. The number of para-hydroxylation sites is 2. The van der Waals surface area contributed by atoms with Crippen LogP contribution in [0.2, 0.25) is 0 Å². The number of nitrogens with zero attached hydrogens (tertiary/aromatic N) is 8. The maximum Gasteiger partial charge on any atom is 0.248 e. The zero-order valence-corrected chi connectivity index (χ0v) is 22.6. The van der Waals surface area contributed by atoms with Crippen LogP contribution in [-0.4, -0.2) is 98.1 Å². The van der Waals surface area contributed by atoms with E-state index in [0.717, 1.165) is 34.9 Å². The summed E-state index contributed by atoms with van der Waals surface area (Å²) in [6, 6.07) is 8.03. The number of piperidine rings is 1. The van der Waals surface area contributed by atoms with Gasteiger partial charge in [0.05, 0.1) is 24.2 Å². The maximum absolute atomic E-state index is 12.1. The Morgan fingerprint density at radius 2 is 1.82 bits per heavy atom. The summed E-state index contributed by atoms with van der Waals surface area (Å²) in [7, 11) is 3.65. The van der Waals surface area contributed by atoms with E-state index >= 15 is 0 Å². The molecule has 0 saturated carbocycles. The summed E-state index contributed by atoms with van der Waals surface area (Å²) in [6.07, 6.45) is 1.85. The number of morpholine rings is 1. The topological polar surface area (TPSA) is 124 Å². The molecule has 0 atom stereocenters. The van der Waals surface area contributed by atoms with Gasteiger partial charge in [-0.25, -0.2) is 9.97 Å². The Morgan fingerprint density at radius 3 is 2.51 bits per heavy atom. The van der Waals surface area contributed by atoms with Crippen molar-refractivity contribution in [2.75, 3.05) is 58.0 Å². The number of ether oxygens (including phenoxy) is 2. The molecule has 1 amide bonds. The highest BCUT2D eigenvalue weighted by molar-refractivity contribution is 5.86. The quantitative estimate of drug-likeness (QED) is 0.392. The Balaban J connectivity index is 1.53. The van der Waals surface area contributed by atoms with Crippen LogP contribution >= 0.6 is 0 Å². The number of aliphatic hydroxyl groups is 1. The molecule has 0 spiro atoms. The first-order valence-electron chi connectivity index (χ1n) is 13.5. The van der Waals surface area contributed by atoms with Gasteiger partial charge in [-0.05, 0) is 12.1 Å². The highest BCUT2D eigenvalue weighted by Gasteiger charge is 2.42. The number of amides is 1. The van der Waals surface area contributed by atoms with E-state index in [2.05, 4.69) is 11.8 Å². The van der Waals surface area contributed by atoms with Gasteiger partial charge in [-0.2, -0.15) is 9.97 Å². The van der Waals surface area contributed by atoms with E-state index in [1.807, 2.05) is 40.4 Å². The van der Waals surface area contributed by atoms with E-state index in [4.69, 9.17) is 29.4 Å². The lowest BCUT2D eigenvalue weighted by Gasteiger charge is -2.40. The minimum atomic E-state index is -0.694. The number of carbonyl (C=O) groups is 1. The second-order valence-electron chi connectivity index (χ2n) is 10.1. The number of fused-ring (bicyclic) bond motifs is 2. The third kappa shape index (κ3) is 4.23. The number of imidazole rings is 2. The van der Waals surface area contributed by atoms with Crippen molar-refractivity contribution in [3.05, 3.63) is 35.9 Å². The van der Waals surface area contributed by atoms with Crippen LogP contribution in [-0.2, 0) is 33.3 Å². The average molecular weight is 535 g/mol. The molecule has 5 heterocycles. The van der Waals surface area contributed by atoms with Crippen molar-refractivity contribution in [3.63, 3.8) is 0 Å². The minimum Gasteiger partial charge on any atom is -0.387 e. The van der Waals surface area contributed by atoms with Gasteiger partial charge in [-0.15, -0.1) is 0 Å². The summed E-state index contributed by atoms with van der Waals surface area (Å²) in [5.41, 5.74) is 2.59. The van der Waals surface area contributed by atoms with Crippen LogP contribution in [0.5, 0.6) is 0 Å². The number of benzene rings is 1. The van der Waals surface area contributed by atoms with Crippen LogP contribution in [0, 0.1) is 0 Å². The van der Waals surface area contributed by atoms with Gasteiger partial charge in [0.15, 0.2) is 17.0 Å². The fourth-order valence-electron chi connectivity index (χ4n) is 5.81. The first kappa shape index (κ1) is 25.7. The van der Waals surface area contributed by atoms with Crippen LogP contribution < -0.4 is 4.90 Å². The molecule has 2 aliphatic rings. The lowest BCUT2D eigenvalue weighted by Crippen LogP contribution is -2.47. The highest BCUT2D eigenvalue weighted by Crippen LogP contribution is 2.38. The van der Waals surface area contributed by atoms with Gasteiger partial charge in [0.1, 0.15) is 23.9 Å². The molecule has 4 aromatic rings. The highest BCUT2D eigenvalue weighted by atomic mass is 16.5. The Hall–Kier alpha value is -3.61. The molecule has 1 N–H and O–H groups in total. The third-order valence-corrected chi connectivity index (χ3v) is 8.00. The molecule has 6 rings (SSSR count). The van der Waals surface area contributed by atoms with Gasteiger partial charge in [0.2, 0.25) is 11.9 Å². The number of aryl methyl sites for hydroxylation is 2. The molecular formula is C27H34N8O4. The van der Waals surface area contributed by atoms with Crippen molar-refractivity contribution in [2.45, 2.75) is 31.8 Å². The van der Waals surface area contributed by atoms with Gasteiger partial charge in [0.25, 0.3) is 0 Å². The first-order valence-corrected chi connectivity index (χ1v) is 13.5. The molecule has 2 fully saturated rings. The van der Waals surface area contributed by atoms with Crippen LogP contribution in [0.1, 0.15) is 31.4 Å². The second kappa shape index (κ2) is 10.2. The van der Waals surface area contributed by atoms with Crippen molar-refractivity contribution in [1.29, 1.82) is 0 Å². The normalized spacial score (nSPS) is 17.8. The largest absolute Gasteiger partial charge is 0.387 e. The molecular weight excluding hydrogens is 500 g/mol. The standard InChI is InChI=1S/C27H34N8O4/c1-4-20-28-18-7-5-6-8-19(18)35(20)26-30-23-22(24(31-26)34-13-15-39-16-14-34)29-25(32(23)2)27(38-3)9-11-33(12-10-27)21(37)17-36/h5-8,36H,4,9-17H2,1-3H3. The number of anilines is 1. The third-order valence-electron chi connectivity index (χ3n) is 8.00. The summed E-state index contributed by atoms with van der Waals surface area (Å²) in [5.74, 6) is 2.69. The molecule has 39 heavy (non-hydrogen) atoms. The molecule has 0 bridgehead atoms. The van der Waals surface area contributed by atoms with Crippen molar-refractivity contribution in [2.24, 2.45) is 7.05 Å². The molecule has 0 unspecified atom stereocenters. The minimum absolute atomic E-state index is 0.269. The number of methoxy groups -OCH3 is 1. The number of likely N-dealkylation sites (tertiary alicyclic amines) is 1. The summed E-state index contributed by atoms with van der Waals surface area (Å²) in [6.45, 7) is 5.19. The van der Waals surface area contributed by atoms with E-state index in [0.29, 0.717) is 69.3 Å². The summed E-state index contributed by atoms with van der Waals surface area (Å²) in [5, 5.41) is 9.32. The Morgan fingerprint density at radius 1 is 1.08 bits per heavy atom. The second-order valence-corrected chi connectivity index (χ2v) is 10.1. The summed E-state index contributed by atoms with van der Waals surface area (Å²) < 4.78 is 15.8.